The third kappa shape index (κ3) is 3.78. The van der Waals surface area contributed by atoms with Crippen LogP contribution in [0.15, 0.2) is 36.4 Å². The van der Waals surface area contributed by atoms with Crippen molar-refractivity contribution in [3.63, 3.8) is 0 Å². The Bertz CT molecular complexity index is 271. The molecular weight excluding hydrogens is 168 g/mol. The summed E-state index contributed by atoms with van der Waals surface area (Å²) < 4.78 is 0. The second-order valence-electron chi connectivity index (χ2n) is 3.17. The van der Waals surface area contributed by atoms with Crippen molar-refractivity contribution in [2.45, 2.75) is 40.5 Å². The van der Waals surface area contributed by atoms with Crippen molar-refractivity contribution in [1.29, 1.82) is 0 Å². The Morgan fingerprint density at radius 1 is 1.14 bits per heavy atom. The van der Waals surface area contributed by atoms with E-state index in [-0.39, 0.29) is 0 Å². The van der Waals surface area contributed by atoms with E-state index in [4.69, 9.17) is 0 Å². The normalized spacial score (nSPS) is 12.1. The summed E-state index contributed by atoms with van der Waals surface area (Å²) in [6.07, 6.45) is 4.33. The smallest absolute Gasteiger partial charge is 0.000793 e. The first-order chi connectivity index (χ1) is 6.75. The molecule has 0 radical (unpaired) electrons. The van der Waals surface area contributed by atoms with Gasteiger partial charge in [0.2, 0.25) is 0 Å². The summed E-state index contributed by atoms with van der Waals surface area (Å²) in [5, 5.41) is 0. The fraction of sp³-hybridized carbons (Fsp3) is 0.429. The van der Waals surface area contributed by atoms with Crippen LogP contribution in [0.25, 0.3) is 0 Å². The monoisotopic (exact) mass is 190 g/mol. The van der Waals surface area contributed by atoms with Gasteiger partial charge in [0.15, 0.2) is 0 Å². The summed E-state index contributed by atoms with van der Waals surface area (Å²) in [7, 11) is 0. The highest BCUT2D eigenvalue weighted by atomic mass is 14.1. The summed E-state index contributed by atoms with van der Waals surface area (Å²) in [5.74, 6) is 0.538. The largest absolute Gasteiger partial charge is 0.0911 e. The topological polar surface area (TPSA) is 0 Å². The molecular formula is C14H22. The molecule has 0 aromatic heterocycles. The van der Waals surface area contributed by atoms with Gasteiger partial charge in [-0.2, -0.15) is 0 Å². The van der Waals surface area contributed by atoms with Crippen LogP contribution < -0.4 is 0 Å². The zero-order valence-electron chi connectivity index (χ0n) is 10.0. The van der Waals surface area contributed by atoms with Crippen LogP contribution in [-0.4, -0.2) is 0 Å². The quantitative estimate of drug-likeness (QED) is 0.593. The van der Waals surface area contributed by atoms with E-state index in [2.05, 4.69) is 57.2 Å². The molecule has 0 amide bonds. The Morgan fingerprint density at radius 3 is 2.21 bits per heavy atom. The molecule has 1 rings (SSSR count). The van der Waals surface area contributed by atoms with Gasteiger partial charge in [-0.1, -0.05) is 57.2 Å². The van der Waals surface area contributed by atoms with E-state index in [1.165, 1.54) is 11.1 Å². The van der Waals surface area contributed by atoms with Crippen LogP contribution in [-0.2, 0) is 0 Å². The Balaban J connectivity index is 0.000000791. The van der Waals surface area contributed by atoms with Gasteiger partial charge < -0.3 is 0 Å². The average molecular weight is 190 g/mol. The minimum absolute atomic E-state index is 0.538. The third-order valence-electron chi connectivity index (χ3n) is 2.16. The first kappa shape index (κ1) is 13.0. The molecule has 0 nitrogen and oxygen atoms in total. The Labute approximate surface area is 88.7 Å². The number of allylic oxidation sites excluding steroid dienone is 2. The molecule has 0 fully saturated rings. The zero-order chi connectivity index (χ0) is 11.0. The zero-order valence-corrected chi connectivity index (χ0v) is 10.0. The van der Waals surface area contributed by atoms with Crippen LogP contribution >= 0.6 is 0 Å². The molecule has 14 heavy (non-hydrogen) atoms. The molecule has 0 saturated heterocycles. The van der Waals surface area contributed by atoms with Crippen LogP contribution in [0.4, 0.5) is 0 Å². The maximum absolute atomic E-state index is 2.22. The molecule has 0 heterocycles. The maximum Gasteiger partial charge on any atom is -0.000793 e. The molecule has 1 aromatic rings. The first-order valence-corrected chi connectivity index (χ1v) is 5.44. The predicted octanol–water partition coefficient (Wildman–Crippen LogP) is 4.70. The minimum Gasteiger partial charge on any atom is -0.0911 e. The van der Waals surface area contributed by atoms with E-state index in [9.17, 15) is 0 Å². The molecule has 0 spiro atoms. The average Bonchev–Trinajstić information content (AvgIpc) is 2.22. The lowest BCUT2D eigenvalue weighted by Crippen LogP contribution is -1.91. The summed E-state index contributed by atoms with van der Waals surface area (Å²) in [6.45, 7) is 10.5. The van der Waals surface area contributed by atoms with Gasteiger partial charge in [0.1, 0.15) is 0 Å². The van der Waals surface area contributed by atoms with E-state index in [0.29, 0.717) is 5.92 Å². The molecule has 1 atom stereocenters. The standard InChI is InChI=1S/C12H16.C2H6/c1-4-7-10(2)12-9-6-5-8-11(12)3;1-2/h4-10H,1-3H3;1-2H3/b7-4-;. The van der Waals surface area contributed by atoms with E-state index in [0.717, 1.165) is 0 Å². The van der Waals surface area contributed by atoms with Crippen LogP contribution in [0, 0.1) is 6.92 Å². The number of rotatable bonds is 2. The first-order valence-electron chi connectivity index (χ1n) is 5.44. The maximum atomic E-state index is 2.22. The number of benzene rings is 1. The molecule has 0 N–H and O–H groups in total. The van der Waals surface area contributed by atoms with Crippen molar-refractivity contribution < 1.29 is 0 Å². The van der Waals surface area contributed by atoms with Crippen molar-refractivity contribution in [3.05, 3.63) is 47.5 Å². The van der Waals surface area contributed by atoms with Crippen molar-refractivity contribution >= 4 is 0 Å². The molecule has 0 aliphatic rings. The van der Waals surface area contributed by atoms with Crippen LogP contribution in [0.2, 0.25) is 0 Å². The van der Waals surface area contributed by atoms with Gasteiger partial charge in [-0.05, 0) is 30.9 Å². The van der Waals surface area contributed by atoms with Crippen molar-refractivity contribution in [1.82, 2.24) is 0 Å². The van der Waals surface area contributed by atoms with E-state index >= 15 is 0 Å². The molecule has 1 aromatic carbocycles. The highest BCUT2D eigenvalue weighted by Gasteiger charge is 2.02. The Kier molecular flexibility index (Phi) is 6.82. The lowest BCUT2D eigenvalue weighted by atomic mass is 9.96. The Morgan fingerprint density at radius 2 is 1.71 bits per heavy atom. The predicted molar refractivity (Wildman–Crippen MR) is 65.8 cm³/mol. The highest BCUT2D eigenvalue weighted by Crippen LogP contribution is 2.19. The molecule has 0 aliphatic carbocycles. The van der Waals surface area contributed by atoms with Gasteiger partial charge >= 0.3 is 0 Å². The summed E-state index contributed by atoms with van der Waals surface area (Å²) >= 11 is 0. The number of aryl methyl sites for hydroxylation is 1. The molecule has 0 bridgehead atoms. The van der Waals surface area contributed by atoms with Gasteiger partial charge in [-0.3, -0.25) is 0 Å². The summed E-state index contributed by atoms with van der Waals surface area (Å²) in [5.41, 5.74) is 2.80. The van der Waals surface area contributed by atoms with E-state index in [1.54, 1.807) is 0 Å². The molecule has 78 valence electrons. The van der Waals surface area contributed by atoms with Crippen molar-refractivity contribution in [2.75, 3.05) is 0 Å². The van der Waals surface area contributed by atoms with Gasteiger partial charge in [-0.15, -0.1) is 0 Å². The second kappa shape index (κ2) is 7.37. The Hall–Kier alpha value is -1.04. The SMILES string of the molecule is C/C=C\C(C)c1ccccc1C.CC. The van der Waals surface area contributed by atoms with Crippen molar-refractivity contribution in [3.8, 4) is 0 Å². The number of hydrogen-bond donors (Lipinski definition) is 0. The van der Waals surface area contributed by atoms with E-state index in [1.807, 2.05) is 13.8 Å². The fourth-order valence-corrected chi connectivity index (χ4v) is 1.49. The number of hydrogen-bond acceptors (Lipinski definition) is 0. The molecule has 1 unspecified atom stereocenters. The lowest BCUT2D eigenvalue weighted by Gasteiger charge is -2.09. The van der Waals surface area contributed by atoms with Crippen LogP contribution in [0.3, 0.4) is 0 Å². The van der Waals surface area contributed by atoms with Gasteiger partial charge in [0.25, 0.3) is 0 Å². The second-order valence-corrected chi connectivity index (χ2v) is 3.17. The van der Waals surface area contributed by atoms with Crippen LogP contribution in [0.1, 0.15) is 44.7 Å². The molecule has 0 aliphatic heterocycles. The lowest BCUT2D eigenvalue weighted by molar-refractivity contribution is 0.950. The molecule has 0 saturated carbocycles. The fourth-order valence-electron chi connectivity index (χ4n) is 1.49. The van der Waals surface area contributed by atoms with Crippen molar-refractivity contribution in [2.24, 2.45) is 0 Å². The highest BCUT2D eigenvalue weighted by molar-refractivity contribution is 5.31. The third-order valence-corrected chi connectivity index (χ3v) is 2.16. The van der Waals surface area contributed by atoms with Gasteiger partial charge in [0, 0.05) is 0 Å². The van der Waals surface area contributed by atoms with Gasteiger partial charge in [-0.25, -0.2) is 0 Å². The molecule has 0 heteroatoms. The summed E-state index contributed by atoms with van der Waals surface area (Å²) in [6, 6.07) is 8.54. The minimum atomic E-state index is 0.538. The van der Waals surface area contributed by atoms with Crippen LogP contribution in [0.5, 0.6) is 0 Å². The summed E-state index contributed by atoms with van der Waals surface area (Å²) in [4.78, 5) is 0. The van der Waals surface area contributed by atoms with Gasteiger partial charge in [0.05, 0.1) is 0 Å². The van der Waals surface area contributed by atoms with E-state index < -0.39 is 0 Å².